The summed E-state index contributed by atoms with van der Waals surface area (Å²) in [7, 11) is -3.51. The number of hydrogen-bond donors (Lipinski definition) is 2. The topological polar surface area (TPSA) is 75.4 Å². The maximum atomic E-state index is 12.4. The summed E-state index contributed by atoms with van der Waals surface area (Å²) in [5.41, 5.74) is 6.89. The number of anilines is 1. The molecule has 0 aliphatic carbocycles. The SMILES string of the molecule is Cc1cc(Br)c(N)cc1S(=O)(=O)NCCN1CCSCC1. The van der Waals surface area contributed by atoms with Gasteiger partial charge < -0.3 is 10.6 Å². The van der Waals surface area contributed by atoms with Gasteiger partial charge in [0.15, 0.2) is 0 Å². The second-order valence-corrected chi connectivity index (χ2v) is 8.81. The molecule has 0 bridgehead atoms. The first-order valence-electron chi connectivity index (χ1n) is 6.75. The molecule has 1 aromatic rings. The van der Waals surface area contributed by atoms with E-state index in [4.69, 9.17) is 5.73 Å². The molecular weight excluding hydrogens is 374 g/mol. The third-order valence-electron chi connectivity index (χ3n) is 3.41. The molecule has 1 aliphatic rings. The Morgan fingerprint density at radius 3 is 2.71 bits per heavy atom. The van der Waals surface area contributed by atoms with Gasteiger partial charge in [0.05, 0.1) is 4.90 Å². The number of thioether (sulfide) groups is 1. The fourth-order valence-electron chi connectivity index (χ4n) is 2.20. The molecule has 2 rings (SSSR count). The van der Waals surface area contributed by atoms with Crippen LogP contribution in [0, 0.1) is 6.92 Å². The second-order valence-electron chi connectivity index (χ2n) is 4.99. The summed E-state index contributed by atoms with van der Waals surface area (Å²) in [4.78, 5) is 2.53. The van der Waals surface area contributed by atoms with Crippen molar-refractivity contribution in [3.8, 4) is 0 Å². The van der Waals surface area contributed by atoms with Crippen molar-refractivity contribution in [2.45, 2.75) is 11.8 Å². The fraction of sp³-hybridized carbons (Fsp3) is 0.538. The summed E-state index contributed by atoms with van der Waals surface area (Å²) in [6, 6.07) is 3.23. The van der Waals surface area contributed by atoms with Gasteiger partial charge in [-0.2, -0.15) is 11.8 Å². The van der Waals surface area contributed by atoms with Crippen molar-refractivity contribution < 1.29 is 8.42 Å². The molecule has 1 saturated heterocycles. The van der Waals surface area contributed by atoms with Gasteiger partial charge in [0, 0.05) is 47.8 Å². The van der Waals surface area contributed by atoms with E-state index in [1.165, 1.54) is 6.07 Å². The largest absolute Gasteiger partial charge is 0.398 e. The maximum absolute atomic E-state index is 12.4. The van der Waals surface area contributed by atoms with Crippen LogP contribution in [-0.2, 0) is 10.0 Å². The van der Waals surface area contributed by atoms with Crippen LogP contribution in [0.1, 0.15) is 5.56 Å². The van der Waals surface area contributed by atoms with E-state index in [0.717, 1.165) is 31.1 Å². The number of aryl methyl sites for hydroxylation is 1. The standard InChI is InChI=1S/C13H20BrN3O2S2/c1-10-8-11(14)12(15)9-13(10)21(18,19)16-2-3-17-4-6-20-7-5-17/h8-9,16H,2-7,15H2,1H3. The Bertz CT molecular complexity index is 602. The third-order valence-corrected chi connectivity index (χ3v) is 6.64. The minimum absolute atomic E-state index is 0.248. The van der Waals surface area contributed by atoms with E-state index >= 15 is 0 Å². The molecule has 0 saturated carbocycles. The maximum Gasteiger partial charge on any atom is 0.240 e. The average molecular weight is 394 g/mol. The number of rotatable bonds is 5. The lowest BCUT2D eigenvalue weighted by atomic mass is 10.2. The van der Waals surface area contributed by atoms with Crippen LogP contribution < -0.4 is 10.5 Å². The third kappa shape index (κ3) is 4.59. The molecule has 0 atom stereocenters. The summed E-state index contributed by atoms with van der Waals surface area (Å²) in [5.74, 6) is 2.24. The fourth-order valence-corrected chi connectivity index (χ4v) is 4.92. The van der Waals surface area contributed by atoms with Crippen LogP contribution in [0.3, 0.4) is 0 Å². The van der Waals surface area contributed by atoms with Gasteiger partial charge in [-0.15, -0.1) is 0 Å². The van der Waals surface area contributed by atoms with Gasteiger partial charge in [-0.25, -0.2) is 13.1 Å². The normalized spacial score (nSPS) is 17.0. The van der Waals surface area contributed by atoms with Crippen LogP contribution in [0.5, 0.6) is 0 Å². The van der Waals surface area contributed by atoms with Crippen LogP contribution in [0.25, 0.3) is 0 Å². The highest BCUT2D eigenvalue weighted by Gasteiger charge is 2.18. The Kier molecular flexibility index (Phi) is 5.96. The number of nitrogen functional groups attached to an aromatic ring is 1. The Morgan fingerprint density at radius 2 is 2.05 bits per heavy atom. The zero-order chi connectivity index (χ0) is 15.5. The van der Waals surface area contributed by atoms with Gasteiger partial charge in [-0.05, 0) is 40.5 Å². The van der Waals surface area contributed by atoms with Gasteiger partial charge >= 0.3 is 0 Å². The molecule has 0 aromatic heterocycles. The first-order chi connectivity index (χ1) is 9.90. The van der Waals surface area contributed by atoms with Crippen molar-refractivity contribution in [3.63, 3.8) is 0 Å². The number of hydrogen-bond acceptors (Lipinski definition) is 5. The van der Waals surface area contributed by atoms with Crippen molar-refractivity contribution in [1.82, 2.24) is 9.62 Å². The molecule has 0 unspecified atom stereocenters. The van der Waals surface area contributed by atoms with Crippen LogP contribution in [0.2, 0.25) is 0 Å². The van der Waals surface area contributed by atoms with Crippen molar-refractivity contribution >= 4 is 43.4 Å². The molecule has 1 heterocycles. The quantitative estimate of drug-likeness (QED) is 0.744. The summed E-state index contributed by atoms with van der Waals surface area (Å²) in [5, 5.41) is 0. The summed E-state index contributed by atoms with van der Waals surface area (Å²) >= 11 is 5.24. The monoisotopic (exact) mass is 393 g/mol. The highest BCUT2D eigenvalue weighted by molar-refractivity contribution is 9.10. The van der Waals surface area contributed by atoms with E-state index in [9.17, 15) is 8.42 Å². The van der Waals surface area contributed by atoms with Crippen molar-refractivity contribution in [2.24, 2.45) is 0 Å². The molecule has 8 heteroatoms. The Morgan fingerprint density at radius 1 is 1.38 bits per heavy atom. The zero-order valence-electron chi connectivity index (χ0n) is 11.9. The molecule has 0 spiro atoms. The first kappa shape index (κ1) is 17.1. The number of benzene rings is 1. The Labute approximate surface area is 138 Å². The first-order valence-corrected chi connectivity index (χ1v) is 10.2. The van der Waals surface area contributed by atoms with E-state index in [1.54, 1.807) is 13.0 Å². The average Bonchev–Trinajstić information content (AvgIpc) is 2.43. The van der Waals surface area contributed by atoms with Gasteiger partial charge in [-0.1, -0.05) is 0 Å². The lowest BCUT2D eigenvalue weighted by Gasteiger charge is -2.26. The number of nitrogens with zero attached hydrogens (tertiary/aromatic N) is 1. The molecule has 0 radical (unpaired) electrons. The van der Waals surface area contributed by atoms with Gasteiger partial charge in [0.1, 0.15) is 0 Å². The van der Waals surface area contributed by atoms with Crippen LogP contribution in [0.4, 0.5) is 5.69 Å². The predicted molar refractivity (Wildman–Crippen MR) is 92.2 cm³/mol. The minimum atomic E-state index is -3.51. The molecule has 21 heavy (non-hydrogen) atoms. The number of nitrogens with one attached hydrogen (secondary N) is 1. The highest BCUT2D eigenvalue weighted by Crippen LogP contribution is 2.26. The van der Waals surface area contributed by atoms with Crippen LogP contribution >= 0.6 is 27.7 Å². The van der Waals surface area contributed by atoms with Crippen molar-refractivity contribution in [2.75, 3.05) is 43.4 Å². The molecule has 3 N–H and O–H groups in total. The lowest BCUT2D eigenvalue weighted by molar-refractivity contribution is 0.307. The molecule has 5 nitrogen and oxygen atoms in total. The van der Waals surface area contributed by atoms with E-state index in [-0.39, 0.29) is 4.90 Å². The van der Waals surface area contributed by atoms with E-state index in [1.807, 2.05) is 11.8 Å². The molecular formula is C13H20BrN3O2S2. The minimum Gasteiger partial charge on any atom is -0.398 e. The number of sulfonamides is 1. The van der Waals surface area contributed by atoms with Crippen LogP contribution in [-0.4, -0.2) is 51.0 Å². The smallest absolute Gasteiger partial charge is 0.240 e. The lowest BCUT2D eigenvalue weighted by Crippen LogP contribution is -2.39. The van der Waals surface area contributed by atoms with E-state index < -0.39 is 10.0 Å². The number of nitrogens with two attached hydrogens (primary N) is 1. The van der Waals surface area contributed by atoms with E-state index in [0.29, 0.717) is 22.3 Å². The van der Waals surface area contributed by atoms with Gasteiger partial charge in [-0.3, -0.25) is 0 Å². The van der Waals surface area contributed by atoms with Gasteiger partial charge in [0.2, 0.25) is 10.0 Å². The van der Waals surface area contributed by atoms with Gasteiger partial charge in [0.25, 0.3) is 0 Å². The molecule has 1 aromatic carbocycles. The number of halogens is 1. The molecule has 1 aliphatic heterocycles. The van der Waals surface area contributed by atoms with Crippen molar-refractivity contribution in [3.05, 3.63) is 22.2 Å². The second kappa shape index (κ2) is 7.32. The molecule has 1 fully saturated rings. The molecule has 0 amide bonds. The van der Waals surface area contributed by atoms with E-state index in [2.05, 4.69) is 25.6 Å². The predicted octanol–water partition coefficient (Wildman–Crippen LogP) is 1.67. The summed E-state index contributed by atoms with van der Waals surface area (Å²) < 4.78 is 28.1. The summed E-state index contributed by atoms with van der Waals surface area (Å²) in [6.45, 7) is 4.97. The Hall–Kier alpha value is -0.280. The highest BCUT2D eigenvalue weighted by atomic mass is 79.9. The summed E-state index contributed by atoms with van der Waals surface area (Å²) in [6.07, 6.45) is 0. The van der Waals surface area contributed by atoms with Crippen LogP contribution in [0.15, 0.2) is 21.5 Å². The Balaban J connectivity index is 1.99. The zero-order valence-corrected chi connectivity index (χ0v) is 15.2. The van der Waals surface area contributed by atoms with Crippen molar-refractivity contribution in [1.29, 1.82) is 0 Å². The molecule has 118 valence electrons.